The first kappa shape index (κ1) is 22.7. The zero-order valence-corrected chi connectivity index (χ0v) is 20.3. The molecule has 0 atom stereocenters. The number of H-pyrrole nitrogens is 1. The van der Waals surface area contributed by atoms with Crippen molar-refractivity contribution in [1.82, 2.24) is 9.97 Å². The van der Waals surface area contributed by atoms with E-state index in [1.807, 2.05) is 50.2 Å². The number of benzene rings is 4. The molecule has 5 nitrogen and oxygen atoms in total. The molecule has 1 aromatic heterocycles. The van der Waals surface area contributed by atoms with E-state index in [0.29, 0.717) is 22.3 Å². The Hall–Kier alpha value is -4.09. The average molecular weight is 483 g/mol. The van der Waals surface area contributed by atoms with Gasteiger partial charge in [0.15, 0.2) is 0 Å². The van der Waals surface area contributed by atoms with Gasteiger partial charge < -0.3 is 14.5 Å². The van der Waals surface area contributed by atoms with Gasteiger partial charge in [-0.05, 0) is 65.9 Å². The number of nitrogens with zero attached hydrogens (tertiary/aromatic N) is 1. The van der Waals surface area contributed by atoms with Crippen LogP contribution in [0.15, 0.2) is 78.9 Å². The Bertz CT molecular complexity index is 1540. The minimum Gasteiger partial charge on any atom is -0.465 e. The van der Waals surface area contributed by atoms with Crippen LogP contribution in [0.5, 0.6) is 11.8 Å². The number of carbonyl (C=O) groups excluding carboxylic acids is 1. The van der Waals surface area contributed by atoms with E-state index in [1.54, 1.807) is 6.07 Å². The highest BCUT2D eigenvalue weighted by Gasteiger charge is 2.15. The lowest BCUT2D eigenvalue weighted by Gasteiger charge is -2.10. The summed E-state index contributed by atoms with van der Waals surface area (Å²) in [5, 5.41) is 0.610. The maximum Gasteiger partial charge on any atom is 0.338 e. The van der Waals surface area contributed by atoms with Crippen molar-refractivity contribution in [3.05, 3.63) is 101 Å². The van der Waals surface area contributed by atoms with Crippen molar-refractivity contribution in [2.75, 3.05) is 7.11 Å². The molecule has 35 heavy (non-hydrogen) atoms. The van der Waals surface area contributed by atoms with Crippen LogP contribution in [0.25, 0.3) is 33.3 Å². The quantitative estimate of drug-likeness (QED) is 0.260. The number of aryl methyl sites for hydroxylation is 1. The summed E-state index contributed by atoms with van der Waals surface area (Å²) in [5.74, 6) is 0.0886. The van der Waals surface area contributed by atoms with Gasteiger partial charge in [0.2, 0.25) is 0 Å². The number of carbonyl (C=O) groups is 1. The van der Waals surface area contributed by atoms with E-state index in [-0.39, 0.29) is 0 Å². The number of halogens is 1. The van der Waals surface area contributed by atoms with Crippen LogP contribution in [0, 0.1) is 13.8 Å². The fourth-order valence-corrected chi connectivity index (χ4v) is 4.34. The third-order valence-corrected chi connectivity index (χ3v) is 6.43. The molecule has 4 aromatic carbocycles. The number of esters is 1. The van der Waals surface area contributed by atoms with Crippen LogP contribution in [-0.4, -0.2) is 23.0 Å². The molecule has 5 aromatic rings. The molecule has 0 amide bonds. The largest absolute Gasteiger partial charge is 0.465 e. The SMILES string of the molecule is COC(=O)c1cc(Oc2nc3cc(-c4ccc(-c5ccccc5)cc4)c(Cl)cc3[nH]2)cc(C)c1C. The highest BCUT2D eigenvalue weighted by Crippen LogP contribution is 2.34. The van der Waals surface area contributed by atoms with Gasteiger partial charge in [0.05, 0.1) is 28.7 Å². The molecule has 1 N–H and O–H groups in total. The summed E-state index contributed by atoms with van der Waals surface area (Å²) < 4.78 is 10.9. The number of hydrogen-bond donors (Lipinski definition) is 1. The van der Waals surface area contributed by atoms with Gasteiger partial charge >= 0.3 is 5.97 Å². The number of nitrogens with one attached hydrogen (secondary N) is 1. The van der Waals surface area contributed by atoms with E-state index in [9.17, 15) is 4.79 Å². The lowest BCUT2D eigenvalue weighted by molar-refractivity contribution is 0.0599. The summed E-state index contributed by atoms with van der Waals surface area (Å²) in [6, 6.07) is 26.1. The fourth-order valence-electron chi connectivity index (χ4n) is 4.07. The topological polar surface area (TPSA) is 64.2 Å². The number of fused-ring (bicyclic) bond motifs is 1. The highest BCUT2D eigenvalue weighted by molar-refractivity contribution is 6.34. The standard InChI is InChI=1S/C29H23ClN2O3/c1-17-13-22(14-23(18(17)2)28(33)34-3)35-29-31-26-15-24(25(30)16-27(26)32-29)21-11-9-20(10-12-21)19-7-5-4-6-8-19/h4-16H,1-3H3,(H,31,32). The molecule has 0 aliphatic carbocycles. The second kappa shape index (κ2) is 9.28. The summed E-state index contributed by atoms with van der Waals surface area (Å²) >= 11 is 6.63. The molecule has 0 saturated heterocycles. The number of imidazole rings is 1. The average Bonchev–Trinajstić information content (AvgIpc) is 3.26. The maximum atomic E-state index is 12.1. The van der Waals surface area contributed by atoms with Crippen molar-refractivity contribution in [1.29, 1.82) is 0 Å². The first-order valence-electron chi connectivity index (χ1n) is 11.2. The summed E-state index contributed by atoms with van der Waals surface area (Å²) in [5.41, 5.74) is 7.90. The number of ether oxygens (including phenoxy) is 2. The van der Waals surface area contributed by atoms with E-state index in [2.05, 4.69) is 46.4 Å². The summed E-state index contributed by atoms with van der Waals surface area (Å²) in [7, 11) is 1.36. The van der Waals surface area contributed by atoms with Gasteiger partial charge in [-0.2, -0.15) is 4.98 Å². The number of aromatic nitrogens is 2. The molecular weight excluding hydrogens is 460 g/mol. The molecule has 1 heterocycles. The maximum absolute atomic E-state index is 12.1. The number of hydrogen-bond acceptors (Lipinski definition) is 4. The van der Waals surface area contributed by atoms with Gasteiger partial charge in [-0.3, -0.25) is 0 Å². The fraction of sp³-hybridized carbons (Fsp3) is 0.103. The molecule has 0 unspecified atom stereocenters. The minimum atomic E-state index is -0.407. The third-order valence-electron chi connectivity index (χ3n) is 6.11. The third kappa shape index (κ3) is 4.51. The van der Waals surface area contributed by atoms with Gasteiger partial charge in [-0.15, -0.1) is 0 Å². The molecule has 0 aliphatic rings. The van der Waals surface area contributed by atoms with E-state index in [1.165, 1.54) is 7.11 Å². The van der Waals surface area contributed by atoms with Crippen LogP contribution in [0.1, 0.15) is 21.5 Å². The Labute approximate surface area is 208 Å². The van der Waals surface area contributed by atoms with Crippen molar-refractivity contribution >= 4 is 28.6 Å². The van der Waals surface area contributed by atoms with E-state index >= 15 is 0 Å². The minimum absolute atomic E-state index is 0.312. The monoisotopic (exact) mass is 482 g/mol. The second-order valence-electron chi connectivity index (χ2n) is 8.34. The van der Waals surface area contributed by atoms with Gasteiger partial charge in [0.1, 0.15) is 5.75 Å². The number of methoxy groups -OCH3 is 1. The van der Waals surface area contributed by atoms with Crippen LogP contribution < -0.4 is 4.74 Å². The summed E-state index contributed by atoms with van der Waals surface area (Å²) in [6.07, 6.45) is 0. The van der Waals surface area contributed by atoms with Crippen LogP contribution >= 0.6 is 11.6 Å². The summed E-state index contributed by atoms with van der Waals surface area (Å²) in [6.45, 7) is 3.80. The van der Waals surface area contributed by atoms with Crippen LogP contribution in [-0.2, 0) is 4.74 Å². The Morgan fingerprint density at radius 3 is 2.29 bits per heavy atom. The normalized spacial score (nSPS) is 11.0. The molecule has 0 fully saturated rings. The Morgan fingerprint density at radius 2 is 1.57 bits per heavy atom. The second-order valence-corrected chi connectivity index (χ2v) is 8.75. The first-order valence-corrected chi connectivity index (χ1v) is 11.5. The van der Waals surface area contributed by atoms with E-state index in [0.717, 1.165) is 44.4 Å². The Balaban J connectivity index is 1.45. The van der Waals surface area contributed by atoms with Crippen molar-refractivity contribution in [3.63, 3.8) is 0 Å². The first-order chi connectivity index (χ1) is 16.9. The van der Waals surface area contributed by atoms with Crippen molar-refractivity contribution in [2.45, 2.75) is 13.8 Å². The number of aromatic amines is 1. The van der Waals surface area contributed by atoms with Gasteiger partial charge in [0, 0.05) is 5.56 Å². The van der Waals surface area contributed by atoms with Crippen LogP contribution in [0.4, 0.5) is 0 Å². The summed E-state index contributed by atoms with van der Waals surface area (Å²) in [4.78, 5) is 19.9. The lowest BCUT2D eigenvalue weighted by Crippen LogP contribution is -2.05. The zero-order valence-electron chi connectivity index (χ0n) is 19.6. The van der Waals surface area contributed by atoms with E-state index in [4.69, 9.17) is 21.1 Å². The van der Waals surface area contributed by atoms with E-state index < -0.39 is 5.97 Å². The predicted molar refractivity (Wildman–Crippen MR) is 139 cm³/mol. The molecule has 0 radical (unpaired) electrons. The molecule has 0 aliphatic heterocycles. The number of rotatable bonds is 5. The molecule has 6 heteroatoms. The molecule has 0 spiro atoms. The molecule has 0 saturated carbocycles. The smallest absolute Gasteiger partial charge is 0.338 e. The Kier molecular flexibility index (Phi) is 6.01. The van der Waals surface area contributed by atoms with Crippen LogP contribution in [0.3, 0.4) is 0 Å². The zero-order chi connectivity index (χ0) is 24.5. The predicted octanol–water partition coefficient (Wildman–Crippen LogP) is 7.75. The highest BCUT2D eigenvalue weighted by atomic mass is 35.5. The van der Waals surface area contributed by atoms with Gasteiger partial charge in [-0.25, -0.2) is 4.79 Å². The van der Waals surface area contributed by atoms with Gasteiger partial charge in [0.25, 0.3) is 6.01 Å². The molecular formula is C29H23ClN2O3. The molecule has 0 bridgehead atoms. The van der Waals surface area contributed by atoms with Crippen molar-refractivity contribution in [3.8, 4) is 34.0 Å². The van der Waals surface area contributed by atoms with Gasteiger partial charge in [-0.1, -0.05) is 66.2 Å². The van der Waals surface area contributed by atoms with Crippen molar-refractivity contribution < 1.29 is 14.3 Å². The van der Waals surface area contributed by atoms with Crippen molar-refractivity contribution in [2.24, 2.45) is 0 Å². The lowest BCUT2D eigenvalue weighted by atomic mass is 10.00. The Morgan fingerprint density at radius 1 is 0.886 bits per heavy atom. The van der Waals surface area contributed by atoms with Crippen LogP contribution in [0.2, 0.25) is 5.02 Å². The molecule has 5 rings (SSSR count). The molecule has 174 valence electrons.